The van der Waals surface area contributed by atoms with Crippen LogP contribution in [0.5, 0.6) is 5.75 Å². The molecule has 0 aromatic heterocycles. The van der Waals surface area contributed by atoms with Crippen molar-refractivity contribution in [1.82, 2.24) is 5.32 Å². The summed E-state index contributed by atoms with van der Waals surface area (Å²) in [6, 6.07) is 7.81. The number of sulfone groups is 1. The molecule has 8 heteroatoms. The van der Waals surface area contributed by atoms with E-state index in [9.17, 15) is 12.8 Å². The van der Waals surface area contributed by atoms with Crippen molar-refractivity contribution >= 4 is 21.4 Å². The van der Waals surface area contributed by atoms with Crippen LogP contribution in [0, 0.1) is 23.5 Å². The van der Waals surface area contributed by atoms with Gasteiger partial charge < -0.3 is 10.1 Å². The van der Waals surface area contributed by atoms with Gasteiger partial charge in [-0.25, -0.2) is 17.2 Å². The third kappa shape index (κ3) is 3.05. The van der Waals surface area contributed by atoms with Crippen LogP contribution >= 0.6 is 11.6 Å². The quantitative estimate of drug-likeness (QED) is 0.768. The first-order valence-electron chi connectivity index (χ1n) is 9.59. The topological polar surface area (TPSA) is 55.4 Å². The number of hydrogen-bond acceptors (Lipinski definition) is 4. The number of nitrogens with one attached hydrogen (secondary N) is 1. The lowest BCUT2D eigenvalue weighted by Gasteiger charge is -2.50. The summed E-state index contributed by atoms with van der Waals surface area (Å²) in [6.07, 6.45) is 1.59. The molecule has 1 aliphatic carbocycles. The molecule has 0 spiro atoms. The van der Waals surface area contributed by atoms with Gasteiger partial charge >= 0.3 is 0 Å². The predicted molar refractivity (Wildman–Crippen MR) is 107 cm³/mol. The standard InChI is InChI=1S/C21H22ClF2NO3S/c1-25-11-13-3-2-10-21(29(26,27)15-6-4-14(22)5-7-15)16(13)12-28-20-18(24)9-8-17(23)19(20)21/h4-9,13,16,25H,2-3,10-12H2,1H3/t13-,16-,21-/m0/s1. The molecular formula is C21H22ClF2NO3S. The molecule has 1 saturated carbocycles. The molecule has 3 atom stereocenters. The van der Waals surface area contributed by atoms with Crippen molar-refractivity contribution in [2.75, 3.05) is 20.2 Å². The fourth-order valence-electron chi connectivity index (χ4n) is 5.02. The number of halogens is 3. The molecule has 0 saturated heterocycles. The lowest BCUT2D eigenvalue weighted by Crippen LogP contribution is -2.55. The molecule has 4 nitrogen and oxygen atoms in total. The normalized spacial score (nSPS) is 26.3. The van der Waals surface area contributed by atoms with Crippen molar-refractivity contribution in [3.05, 3.63) is 58.6 Å². The van der Waals surface area contributed by atoms with Gasteiger partial charge in [0.25, 0.3) is 0 Å². The highest BCUT2D eigenvalue weighted by Gasteiger charge is 2.60. The van der Waals surface area contributed by atoms with E-state index >= 15 is 4.39 Å². The van der Waals surface area contributed by atoms with E-state index in [0.717, 1.165) is 18.6 Å². The first-order chi connectivity index (χ1) is 13.8. The van der Waals surface area contributed by atoms with E-state index in [2.05, 4.69) is 5.32 Å². The molecule has 0 radical (unpaired) electrons. The minimum Gasteiger partial charge on any atom is -0.490 e. The Morgan fingerprint density at radius 2 is 1.86 bits per heavy atom. The molecule has 0 bridgehead atoms. The number of ether oxygens (including phenoxy) is 1. The molecule has 1 N–H and O–H groups in total. The smallest absolute Gasteiger partial charge is 0.188 e. The Balaban J connectivity index is 2.01. The van der Waals surface area contributed by atoms with Gasteiger partial charge in [-0.2, -0.15) is 0 Å². The van der Waals surface area contributed by atoms with E-state index in [-0.39, 0.29) is 35.2 Å². The van der Waals surface area contributed by atoms with Gasteiger partial charge in [0, 0.05) is 10.9 Å². The first kappa shape index (κ1) is 20.6. The van der Waals surface area contributed by atoms with Gasteiger partial charge in [-0.05, 0) is 68.8 Å². The highest BCUT2D eigenvalue weighted by molar-refractivity contribution is 7.92. The minimum absolute atomic E-state index is 0.0204. The Morgan fingerprint density at radius 3 is 2.55 bits per heavy atom. The fraction of sp³-hybridized carbons (Fsp3) is 0.429. The molecule has 0 amide bonds. The molecule has 1 aliphatic heterocycles. The summed E-state index contributed by atoms with van der Waals surface area (Å²) in [4.78, 5) is 0.0496. The van der Waals surface area contributed by atoms with Crippen LogP contribution in [-0.4, -0.2) is 28.6 Å². The van der Waals surface area contributed by atoms with Crippen molar-refractivity contribution in [2.45, 2.75) is 28.9 Å². The Morgan fingerprint density at radius 1 is 1.17 bits per heavy atom. The summed E-state index contributed by atoms with van der Waals surface area (Å²) in [5, 5.41) is 3.50. The summed E-state index contributed by atoms with van der Waals surface area (Å²) in [6.45, 7) is 0.588. The van der Waals surface area contributed by atoms with E-state index in [1.54, 1.807) is 7.05 Å². The largest absolute Gasteiger partial charge is 0.490 e. The maximum absolute atomic E-state index is 15.1. The maximum atomic E-state index is 15.1. The Kier molecular flexibility index (Phi) is 5.34. The summed E-state index contributed by atoms with van der Waals surface area (Å²) < 4.78 is 61.8. The molecule has 1 heterocycles. The van der Waals surface area contributed by atoms with Crippen molar-refractivity contribution in [2.24, 2.45) is 11.8 Å². The van der Waals surface area contributed by atoms with Crippen LogP contribution in [-0.2, 0) is 14.6 Å². The van der Waals surface area contributed by atoms with Crippen molar-refractivity contribution in [3.8, 4) is 5.75 Å². The highest BCUT2D eigenvalue weighted by atomic mass is 35.5. The van der Waals surface area contributed by atoms with E-state index in [0.29, 0.717) is 18.0 Å². The second kappa shape index (κ2) is 7.52. The zero-order chi connectivity index (χ0) is 20.8. The molecule has 2 aromatic rings. The number of benzene rings is 2. The molecule has 0 unspecified atom stereocenters. The van der Waals surface area contributed by atoms with Crippen molar-refractivity contribution < 1.29 is 21.9 Å². The average molecular weight is 442 g/mol. The third-order valence-corrected chi connectivity index (χ3v) is 9.06. The summed E-state index contributed by atoms with van der Waals surface area (Å²) in [5.41, 5.74) is -0.176. The van der Waals surface area contributed by atoms with E-state index in [1.165, 1.54) is 24.3 Å². The monoisotopic (exact) mass is 441 g/mol. The molecule has 2 aliphatic rings. The zero-order valence-electron chi connectivity index (χ0n) is 15.9. The van der Waals surface area contributed by atoms with Crippen LogP contribution in [0.1, 0.15) is 24.8 Å². The highest BCUT2D eigenvalue weighted by Crippen LogP contribution is 2.57. The minimum atomic E-state index is -4.08. The number of fused-ring (bicyclic) bond motifs is 3. The number of hydrogen-bond donors (Lipinski definition) is 1. The van der Waals surface area contributed by atoms with Gasteiger partial charge in [0.2, 0.25) is 0 Å². The van der Waals surface area contributed by atoms with Crippen molar-refractivity contribution in [1.29, 1.82) is 0 Å². The average Bonchev–Trinajstić information content (AvgIpc) is 2.71. The van der Waals surface area contributed by atoms with Gasteiger partial charge in [0.05, 0.1) is 17.1 Å². The molecule has 156 valence electrons. The predicted octanol–water partition coefficient (Wildman–Crippen LogP) is 4.32. The molecule has 1 fully saturated rings. The SMILES string of the molecule is CNC[C@@H]1CCC[C@@]2(S(=O)(=O)c3ccc(Cl)cc3)c3c(F)ccc(F)c3OC[C@@H]12. The van der Waals surface area contributed by atoms with Gasteiger partial charge in [-0.15, -0.1) is 0 Å². The van der Waals surface area contributed by atoms with Crippen LogP contribution < -0.4 is 10.1 Å². The second-order valence-electron chi connectivity index (χ2n) is 7.71. The second-order valence-corrected chi connectivity index (χ2v) is 10.4. The fourth-order valence-corrected chi connectivity index (χ4v) is 7.59. The van der Waals surface area contributed by atoms with Gasteiger partial charge in [-0.1, -0.05) is 18.0 Å². The molecule has 4 rings (SSSR count). The van der Waals surface area contributed by atoms with Crippen molar-refractivity contribution in [3.63, 3.8) is 0 Å². The van der Waals surface area contributed by atoms with Crippen LogP contribution in [0.15, 0.2) is 41.3 Å². The molecular weight excluding hydrogens is 420 g/mol. The summed E-state index contributed by atoms with van der Waals surface area (Å²) in [5.74, 6) is -2.35. The lowest BCUT2D eigenvalue weighted by atomic mass is 9.67. The molecule has 29 heavy (non-hydrogen) atoms. The Labute approximate surface area is 174 Å². The lowest BCUT2D eigenvalue weighted by molar-refractivity contribution is 0.0756. The summed E-state index contributed by atoms with van der Waals surface area (Å²) in [7, 11) is -2.28. The zero-order valence-corrected chi connectivity index (χ0v) is 17.5. The third-order valence-electron chi connectivity index (χ3n) is 6.25. The van der Waals surface area contributed by atoms with Crippen LogP contribution in [0.2, 0.25) is 5.02 Å². The Bertz CT molecular complexity index is 1030. The van der Waals surface area contributed by atoms with E-state index < -0.39 is 32.1 Å². The summed E-state index contributed by atoms with van der Waals surface area (Å²) >= 11 is 5.94. The van der Waals surface area contributed by atoms with Gasteiger partial charge in [-0.3, -0.25) is 0 Å². The van der Waals surface area contributed by atoms with Crippen LogP contribution in [0.3, 0.4) is 0 Å². The van der Waals surface area contributed by atoms with Gasteiger partial charge in [0.1, 0.15) is 10.6 Å². The Hall–Kier alpha value is -1.70. The van der Waals surface area contributed by atoms with Crippen LogP contribution in [0.25, 0.3) is 0 Å². The van der Waals surface area contributed by atoms with E-state index in [4.69, 9.17) is 16.3 Å². The first-order valence-corrected chi connectivity index (χ1v) is 11.4. The van der Waals surface area contributed by atoms with E-state index in [1.807, 2.05) is 0 Å². The number of rotatable bonds is 4. The van der Waals surface area contributed by atoms with Gasteiger partial charge in [0.15, 0.2) is 21.4 Å². The molecule has 2 aromatic carbocycles. The van der Waals surface area contributed by atoms with Crippen LogP contribution in [0.4, 0.5) is 8.78 Å². The maximum Gasteiger partial charge on any atom is 0.188 e.